The first-order valence-corrected chi connectivity index (χ1v) is 13.9. The summed E-state index contributed by atoms with van der Waals surface area (Å²) in [7, 11) is 0. The molecular formula is C31H38N2O6. The van der Waals surface area contributed by atoms with Crippen LogP contribution in [0.5, 0.6) is 0 Å². The van der Waals surface area contributed by atoms with Crippen molar-refractivity contribution in [2.24, 2.45) is 5.41 Å². The molecule has 2 unspecified atom stereocenters. The molecule has 0 bridgehead atoms. The number of carboxylic acid groups (broad SMARTS) is 1. The highest BCUT2D eigenvalue weighted by atomic mass is 16.6. The van der Waals surface area contributed by atoms with E-state index in [9.17, 15) is 19.5 Å². The van der Waals surface area contributed by atoms with Crippen LogP contribution in [-0.2, 0) is 14.3 Å². The molecule has 5 rings (SSSR count). The molecule has 2 fully saturated rings. The lowest BCUT2D eigenvalue weighted by Gasteiger charge is -2.63. The number of carbonyl (C=O) groups excluding carboxylic acids is 2. The number of ether oxygens (including phenoxy) is 2. The van der Waals surface area contributed by atoms with Crippen molar-refractivity contribution in [3.63, 3.8) is 0 Å². The van der Waals surface area contributed by atoms with Crippen LogP contribution in [0.2, 0.25) is 0 Å². The third-order valence-electron chi connectivity index (χ3n) is 8.53. The standard InChI is InChI=1S/C31H38N2O6/c1-30(2,3)39-28(36)32-25-18-26(31(25)15-9-16-31)33(17-8-14-27(34)35)29(37)38-19-24-22-12-6-4-10-20(22)21-11-5-7-13-23(21)24/h4-7,10-13,24-26H,8-9,14-19H2,1-3H3,(H,32,36)(H,34,35). The average molecular weight is 535 g/mol. The van der Waals surface area contributed by atoms with Gasteiger partial charge in [-0.3, -0.25) is 4.79 Å². The zero-order valence-corrected chi connectivity index (χ0v) is 22.9. The summed E-state index contributed by atoms with van der Waals surface area (Å²) in [4.78, 5) is 39.1. The number of hydrogen-bond donors (Lipinski definition) is 2. The molecule has 0 radical (unpaired) electrons. The van der Waals surface area contributed by atoms with Gasteiger partial charge >= 0.3 is 18.2 Å². The van der Waals surface area contributed by atoms with Crippen molar-refractivity contribution in [3.8, 4) is 11.1 Å². The molecule has 0 saturated heterocycles. The highest BCUT2D eigenvalue weighted by molar-refractivity contribution is 5.79. The van der Waals surface area contributed by atoms with E-state index in [4.69, 9.17) is 9.47 Å². The minimum atomic E-state index is -0.890. The SMILES string of the molecule is CC(C)(C)OC(=O)NC1CC(N(CCCC(=O)O)C(=O)OCC2c3ccccc3-c3ccccc32)C12CCC2. The Hall–Kier alpha value is -3.55. The molecule has 0 aromatic heterocycles. The number of benzene rings is 2. The Labute approximate surface area is 229 Å². The Bertz CT molecular complexity index is 1200. The minimum Gasteiger partial charge on any atom is -0.481 e. The number of nitrogens with one attached hydrogen (secondary N) is 1. The van der Waals surface area contributed by atoms with E-state index in [1.54, 1.807) is 4.90 Å². The molecule has 2 N–H and O–H groups in total. The van der Waals surface area contributed by atoms with Gasteiger partial charge in [0.1, 0.15) is 12.2 Å². The highest BCUT2D eigenvalue weighted by Crippen LogP contribution is 2.58. The van der Waals surface area contributed by atoms with E-state index in [1.807, 2.05) is 45.0 Å². The number of amides is 2. The second-order valence-corrected chi connectivity index (χ2v) is 12.0. The van der Waals surface area contributed by atoms with Gasteiger partial charge in [-0.15, -0.1) is 0 Å². The van der Waals surface area contributed by atoms with Crippen LogP contribution in [-0.4, -0.2) is 59.0 Å². The van der Waals surface area contributed by atoms with Crippen LogP contribution in [0.25, 0.3) is 11.1 Å². The van der Waals surface area contributed by atoms with E-state index < -0.39 is 23.8 Å². The van der Waals surface area contributed by atoms with E-state index in [2.05, 4.69) is 29.6 Å². The van der Waals surface area contributed by atoms with E-state index in [0.717, 1.165) is 41.5 Å². The molecule has 2 aromatic rings. The summed E-state index contributed by atoms with van der Waals surface area (Å²) in [6.45, 7) is 6.00. The van der Waals surface area contributed by atoms with Crippen LogP contribution >= 0.6 is 0 Å². The lowest BCUT2D eigenvalue weighted by molar-refractivity contribution is -0.137. The molecule has 2 amide bonds. The molecule has 3 aliphatic carbocycles. The fourth-order valence-corrected chi connectivity index (χ4v) is 6.57. The lowest BCUT2D eigenvalue weighted by Crippen LogP contribution is -2.72. The number of carboxylic acids is 1. The van der Waals surface area contributed by atoms with Crippen molar-refractivity contribution in [3.05, 3.63) is 59.7 Å². The maximum absolute atomic E-state index is 13.6. The van der Waals surface area contributed by atoms with Gasteiger partial charge in [-0.1, -0.05) is 55.0 Å². The molecule has 2 atom stereocenters. The van der Waals surface area contributed by atoms with Crippen LogP contribution in [0.1, 0.15) is 76.3 Å². The molecule has 0 heterocycles. The Morgan fingerprint density at radius 3 is 2.18 bits per heavy atom. The summed E-state index contributed by atoms with van der Waals surface area (Å²) < 4.78 is 11.5. The smallest absolute Gasteiger partial charge is 0.410 e. The number of hydrogen-bond acceptors (Lipinski definition) is 5. The van der Waals surface area contributed by atoms with Crippen LogP contribution in [0, 0.1) is 5.41 Å². The van der Waals surface area contributed by atoms with Gasteiger partial charge < -0.3 is 24.8 Å². The van der Waals surface area contributed by atoms with Gasteiger partial charge in [0.25, 0.3) is 0 Å². The van der Waals surface area contributed by atoms with Crippen molar-refractivity contribution < 1.29 is 29.0 Å². The fourth-order valence-electron chi connectivity index (χ4n) is 6.57. The molecule has 2 aromatic carbocycles. The molecule has 0 aliphatic heterocycles. The van der Waals surface area contributed by atoms with Gasteiger partial charge in [0.05, 0.1) is 0 Å². The van der Waals surface area contributed by atoms with E-state index in [-0.39, 0.29) is 36.4 Å². The summed E-state index contributed by atoms with van der Waals surface area (Å²) >= 11 is 0. The summed E-state index contributed by atoms with van der Waals surface area (Å²) in [5.41, 5.74) is 3.79. The third kappa shape index (κ3) is 5.34. The topological polar surface area (TPSA) is 105 Å². The Morgan fingerprint density at radius 1 is 1.03 bits per heavy atom. The number of alkyl carbamates (subject to hydrolysis) is 1. The van der Waals surface area contributed by atoms with Crippen molar-refractivity contribution in [2.75, 3.05) is 13.2 Å². The normalized spacial score (nSPS) is 20.7. The summed E-state index contributed by atoms with van der Waals surface area (Å²) in [6, 6.07) is 16.2. The van der Waals surface area contributed by atoms with Gasteiger partial charge in [0.2, 0.25) is 0 Å². The fraction of sp³-hybridized carbons (Fsp3) is 0.516. The zero-order chi connectivity index (χ0) is 27.8. The van der Waals surface area contributed by atoms with Crippen LogP contribution in [0.4, 0.5) is 9.59 Å². The highest BCUT2D eigenvalue weighted by Gasteiger charge is 2.61. The predicted octanol–water partition coefficient (Wildman–Crippen LogP) is 5.94. The largest absolute Gasteiger partial charge is 0.481 e. The second kappa shape index (κ2) is 10.5. The Morgan fingerprint density at radius 2 is 1.64 bits per heavy atom. The first-order valence-electron chi connectivity index (χ1n) is 13.9. The average Bonchev–Trinajstić information content (AvgIpc) is 3.15. The van der Waals surface area contributed by atoms with Crippen molar-refractivity contribution in [1.29, 1.82) is 0 Å². The molecular weight excluding hydrogens is 496 g/mol. The number of carbonyl (C=O) groups is 3. The summed E-state index contributed by atoms with van der Waals surface area (Å²) in [5, 5.41) is 12.2. The Balaban J connectivity index is 1.30. The summed E-state index contributed by atoms with van der Waals surface area (Å²) in [6.07, 6.45) is 2.86. The molecule has 1 spiro atoms. The second-order valence-electron chi connectivity index (χ2n) is 12.0. The Kier molecular flexibility index (Phi) is 7.31. The number of aliphatic carboxylic acids is 1. The van der Waals surface area contributed by atoms with Crippen molar-refractivity contribution >= 4 is 18.2 Å². The molecule has 8 nitrogen and oxygen atoms in total. The van der Waals surface area contributed by atoms with Gasteiger partial charge in [0, 0.05) is 36.4 Å². The van der Waals surface area contributed by atoms with Gasteiger partial charge in [0.15, 0.2) is 0 Å². The van der Waals surface area contributed by atoms with E-state index >= 15 is 0 Å². The van der Waals surface area contributed by atoms with Gasteiger partial charge in [-0.2, -0.15) is 0 Å². The lowest BCUT2D eigenvalue weighted by atomic mass is 9.49. The van der Waals surface area contributed by atoms with Crippen molar-refractivity contribution in [2.45, 2.75) is 82.9 Å². The van der Waals surface area contributed by atoms with Crippen LogP contribution < -0.4 is 5.32 Å². The quantitative estimate of drug-likeness (QED) is 0.434. The van der Waals surface area contributed by atoms with E-state index in [0.29, 0.717) is 19.4 Å². The van der Waals surface area contributed by atoms with E-state index in [1.165, 1.54) is 0 Å². The van der Waals surface area contributed by atoms with Gasteiger partial charge in [-0.25, -0.2) is 9.59 Å². The predicted molar refractivity (Wildman–Crippen MR) is 146 cm³/mol. The maximum atomic E-state index is 13.6. The number of fused-ring (bicyclic) bond motifs is 3. The maximum Gasteiger partial charge on any atom is 0.410 e. The minimum absolute atomic E-state index is 0.0214. The molecule has 2 saturated carbocycles. The zero-order valence-electron chi connectivity index (χ0n) is 22.9. The molecule has 8 heteroatoms. The van der Waals surface area contributed by atoms with Crippen LogP contribution in [0.3, 0.4) is 0 Å². The third-order valence-corrected chi connectivity index (χ3v) is 8.53. The van der Waals surface area contributed by atoms with Gasteiger partial charge in [-0.05, 0) is 68.7 Å². The molecule has 39 heavy (non-hydrogen) atoms. The molecule has 3 aliphatic rings. The number of rotatable bonds is 8. The first-order chi connectivity index (χ1) is 18.6. The molecule has 208 valence electrons. The monoisotopic (exact) mass is 534 g/mol. The van der Waals surface area contributed by atoms with Crippen molar-refractivity contribution in [1.82, 2.24) is 10.2 Å². The van der Waals surface area contributed by atoms with Crippen LogP contribution in [0.15, 0.2) is 48.5 Å². The summed E-state index contributed by atoms with van der Waals surface area (Å²) in [5.74, 6) is -0.943. The number of nitrogens with zero attached hydrogens (tertiary/aromatic N) is 1. The first kappa shape index (κ1) is 27.0.